The van der Waals surface area contributed by atoms with Crippen molar-refractivity contribution in [3.05, 3.63) is 70.5 Å². The van der Waals surface area contributed by atoms with Crippen molar-refractivity contribution in [1.29, 1.82) is 0 Å². The lowest BCUT2D eigenvalue weighted by Crippen LogP contribution is -2.37. The van der Waals surface area contributed by atoms with Gasteiger partial charge in [-0.2, -0.15) is 11.8 Å². The molecule has 0 aliphatic rings. The van der Waals surface area contributed by atoms with E-state index in [1.54, 1.807) is 37.0 Å². The molecule has 1 amide bonds. The van der Waals surface area contributed by atoms with Crippen LogP contribution >= 0.6 is 11.8 Å². The number of amides is 1. The number of carbonyl (C=O) groups is 1. The molecule has 7 heteroatoms. The fraction of sp³-hybridized carbons (Fsp3) is 0.333. The molecule has 2 aromatic carbocycles. The van der Waals surface area contributed by atoms with E-state index in [-0.39, 0.29) is 11.7 Å². The first-order valence-electron chi connectivity index (χ1n) is 9.16. The van der Waals surface area contributed by atoms with Gasteiger partial charge in [0.2, 0.25) is 0 Å². The lowest BCUT2D eigenvalue weighted by atomic mass is 10.1. The minimum absolute atomic E-state index is 0.106. The second-order valence-electron chi connectivity index (χ2n) is 6.17. The van der Waals surface area contributed by atoms with Crippen molar-refractivity contribution in [2.75, 3.05) is 19.8 Å². The van der Waals surface area contributed by atoms with Crippen LogP contribution in [0.1, 0.15) is 34.0 Å². The van der Waals surface area contributed by atoms with Gasteiger partial charge < -0.3 is 16.0 Å². The molecule has 0 atom stereocenters. The Kier molecular flexibility index (Phi) is 8.81. The molecular formula is C21H27FN4OS. The van der Waals surface area contributed by atoms with Gasteiger partial charge in [0, 0.05) is 31.5 Å². The predicted octanol–water partition coefficient (Wildman–Crippen LogP) is 3.30. The third-order valence-corrected chi connectivity index (χ3v) is 4.72. The van der Waals surface area contributed by atoms with Crippen LogP contribution in [0.3, 0.4) is 0 Å². The molecule has 2 aromatic rings. The molecule has 0 heterocycles. The quantitative estimate of drug-likeness (QED) is 0.468. The summed E-state index contributed by atoms with van der Waals surface area (Å²) in [4.78, 5) is 16.2. The van der Waals surface area contributed by atoms with Crippen LogP contribution in [0.15, 0.2) is 47.5 Å². The molecule has 0 unspecified atom stereocenters. The first-order valence-corrected chi connectivity index (χ1v) is 10.6. The molecule has 0 aliphatic carbocycles. The number of thioether (sulfide) groups is 1. The van der Waals surface area contributed by atoms with Crippen LogP contribution in [-0.2, 0) is 18.8 Å². The number of rotatable bonds is 8. The Morgan fingerprint density at radius 1 is 1.11 bits per heavy atom. The molecule has 0 aliphatic heterocycles. The van der Waals surface area contributed by atoms with Gasteiger partial charge in [-0.3, -0.25) is 4.79 Å². The Hall–Kier alpha value is -2.54. The molecule has 0 spiro atoms. The fourth-order valence-corrected chi connectivity index (χ4v) is 3.23. The van der Waals surface area contributed by atoms with Crippen LogP contribution in [0.2, 0.25) is 0 Å². The molecule has 0 saturated carbocycles. The lowest BCUT2D eigenvalue weighted by Gasteiger charge is -2.14. The summed E-state index contributed by atoms with van der Waals surface area (Å²) in [5, 5.41) is 9.13. The summed E-state index contributed by atoms with van der Waals surface area (Å²) >= 11 is 1.67. The minimum Gasteiger partial charge on any atom is -0.357 e. The number of carbonyl (C=O) groups excluding carboxylic acids is 1. The Balaban J connectivity index is 2.03. The molecule has 0 fully saturated rings. The maximum absolute atomic E-state index is 13.5. The SMILES string of the molecule is CCNC(=NCc1ccc(C(=O)NC)cc1)NCc1ccc(F)cc1CSC. The van der Waals surface area contributed by atoms with E-state index >= 15 is 0 Å². The van der Waals surface area contributed by atoms with Gasteiger partial charge in [-0.15, -0.1) is 0 Å². The van der Waals surface area contributed by atoms with E-state index in [1.165, 1.54) is 6.07 Å². The second-order valence-corrected chi connectivity index (χ2v) is 7.04. The smallest absolute Gasteiger partial charge is 0.251 e. The summed E-state index contributed by atoms with van der Waals surface area (Å²) in [6.07, 6.45) is 2.00. The number of benzene rings is 2. The molecule has 2 rings (SSSR count). The number of guanidine groups is 1. The van der Waals surface area contributed by atoms with E-state index in [1.807, 2.05) is 31.4 Å². The number of aliphatic imine (C=N–C) groups is 1. The van der Waals surface area contributed by atoms with Gasteiger partial charge >= 0.3 is 0 Å². The molecule has 3 N–H and O–H groups in total. The lowest BCUT2D eigenvalue weighted by molar-refractivity contribution is 0.0963. The van der Waals surface area contributed by atoms with E-state index in [0.29, 0.717) is 24.6 Å². The predicted molar refractivity (Wildman–Crippen MR) is 115 cm³/mol. The Bertz CT molecular complexity index is 809. The monoisotopic (exact) mass is 402 g/mol. The van der Waals surface area contributed by atoms with Crippen molar-refractivity contribution >= 4 is 23.6 Å². The second kappa shape index (κ2) is 11.3. The molecule has 5 nitrogen and oxygen atoms in total. The maximum atomic E-state index is 13.5. The highest BCUT2D eigenvalue weighted by Gasteiger charge is 2.06. The Morgan fingerprint density at radius 3 is 2.50 bits per heavy atom. The number of hydrogen-bond acceptors (Lipinski definition) is 3. The number of nitrogens with zero attached hydrogens (tertiary/aromatic N) is 1. The molecule has 0 bridgehead atoms. The van der Waals surface area contributed by atoms with E-state index in [9.17, 15) is 9.18 Å². The van der Waals surface area contributed by atoms with Crippen LogP contribution in [0.25, 0.3) is 0 Å². The summed E-state index contributed by atoms with van der Waals surface area (Å²) in [6, 6.07) is 12.3. The Morgan fingerprint density at radius 2 is 1.86 bits per heavy atom. The third kappa shape index (κ3) is 6.56. The number of hydrogen-bond donors (Lipinski definition) is 3. The summed E-state index contributed by atoms with van der Waals surface area (Å²) < 4.78 is 13.5. The van der Waals surface area contributed by atoms with Gasteiger partial charge in [0.05, 0.1) is 6.54 Å². The molecule has 0 aromatic heterocycles. The van der Waals surface area contributed by atoms with E-state index in [2.05, 4.69) is 20.9 Å². The standard InChI is InChI=1S/C21H27FN4OS/c1-4-24-21(25-12-15-5-7-16(8-6-15)20(27)23-2)26-13-17-9-10-19(22)11-18(17)14-28-3/h5-11H,4,12-14H2,1-3H3,(H,23,27)(H2,24,25,26). The van der Waals surface area contributed by atoms with Crippen LogP contribution in [0.4, 0.5) is 4.39 Å². The van der Waals surface area contributed by atoms with Crippen LogP contribution in [-0.4, -0.2) is 31.7 Å². The zero-order valence-corrected chi connectivity index (χ0v) is 17.3. The van der Waals surface area contributed by atoms with Crippen LogP contribution in [0, 0.1) is 5.82 Å². The minimum atomic E-state index is -0.214. The summed E-state index contributed by atoms with van der Waals surface area (Å²) in [5.74, 6) is 1.14. The van der Waals surface area contributed by atoms with Gasteiger partial charge in [-0.05, 0) is 54.1 Å². The van der Waals surface area contributed by atoms with Gasteiger partial charge in [-0.25, -0.2) is 9.38 Å². The van der Waals surface area contributed by atoms with Gasteiger partial charge in [0.15, 0.2) is 5.96 Å². The average Bonchev–Trinajstić information content (AvgIpc) is 2.71. The Labute approximate surface area is 170 Å². The third-order valence-electron chi connectivity index (χ3n) is 4.12. The summed E-state index contributed by atoms with van der Waals surface area (Å²) in [6.45, 7) is 3.80. The summed E-state index contributed by atoms with van der Waals surface area (Å²) in [5.41, 5.74) is 3.67. The highest BCUT2D eigenvalue weighted by Crippen LogP contribution is 2.16. The zero-order chi connectivity index (χ0) is 20.4. The van der Waals surface area contributed by atoms with E-state index in [0.717, 1.165) is 29.0 Å². The van der Waals surface area contributed by atoms with Crippen molar-refractivity contribution < 1.29 is 9.18 Å². The van der Waals surface area contributed by atoms with Crippen molar-refractivity contribution in [3.63, 3.8) is 0 Å². The van der Waals surface area contributed by atoms with Crippen molar-refractivity contribution in [2.24, 2.45) is 4.99 Å². The molecule has 0 radical (unpaired) electrons. The summed E-state index contributed by atoms with van der Waals surface area (Å²) in [7, 11) is 1.61. The largest absolute Gasteiger partial charge is 0.357 e. The topological polar surface area (TPSA) is 65.5 Å². The molecule has 28 heavy (non-hydrogen) atoms. The normalized spacial score (nSPS) is 11.2. The van der Waals surface area contributed by atoms with Crippen LogP contribution in [0.5, 0.6) is 0 Å². The van der Waals surface area contributed by atoms with E-state index in [4.69, 9.17) is 0 Å². The fourth-order valence-electron chi connectivity index (χ4n) is 2.65. The van der Waals surface area contributed by atoms with Crippen molar-refractivity contribution in [1.82, 2.24) is 16.0 Å². The molecule has 150 valence electrons. The first kappa shape index (κ1) is 21.8. The first-order chi connectivity index (χ1) is 13.6. The van der Waals surface area contributed by atoms with Crippen LogP contribution < -0.4 is 16.0 Å². The highest BCUT2D eigenvalue weighted by atomic mass is 32.2. The van der Waals surface area contributed by atoms with E-state index < -0.39 is 0 Å². The maximum Gasteiger partial charge on any atom is 0.251 e. The molecular weight excluding hydrogens is 375 g/mol. The molecule has 0 saturated heterocycles. The average molecular weight is 403 g/mol. The van der Waals surface area contributed by atoms with Crippen molar-refractivity contribution in [3.8, 4) is 0 Å². The van der Waals surface area contributed by atoms with Gasteiger partial charge in [-0.1, -0.05) is 18.2 Å². The highest BCUT2D eigenvalue weighted by molar-refractivity contribution is 7.97. The van der Waals surface area contributed by atoms with Crippen molar-refractivity contribution in [2.45, 2.75) is 25.8 Å². The number of nitrogens with one attached hydrogen (secondary N) is 3. The van der Waals surface area contributed by atoms with Gasteiger partial charge in [0.1, 0.15) is 5.82 Å². The zero-order valence-electron chi connectivity index (χ0n) is 16.5. The number of halogens is 1. The van der Waals surface area contributed by atoms with Gasteiger partial charge in [0.25, 0.3) is 5.91 Å².